The van der Waals surface area contributed by atoms with E-state index < -0.39 is 0 Å². The van der Waals surface area contributed by atoms with Gasteiger partial charge in [-0.3, -0.25) is 9.78 Å². The number of amides is 1. The van der Waals surface area contributed by atoms with E-state index >= 15 is 0 Å². The number of methoxy groups -OCH3 is 1. The number of aryl methyl sites for hydroxylation is 1. The number of benzene rings is 1. The van der Waals surface area contributed by atoms with Crippen LogP contribution < -0.4 is 4.74 Å². The van der Waals surface area contributed by atoms with Crippen LogP contribution in [0.5, 0.6) is 5.75 Å². The first-order chi connectivity index (χ1) is 10.7. The van der Waals surface area contributed by atoms with Crippen LogP contribution >= 0.6 is 0 Å². The van der Waals surface area contributed by atoms with Crippen LogP contribution in [-0.4, -0.2) is 36.0 Å². The number of ether oxygens (including phenoxy) is 1. The molecule has 0 N–H and O–H groups in total. The van der Waals surface area contributed by atoms with Crippen LogP contribution in [0.1, 0.15) is 28.8 Å². The molecule has 1 aliphatic rings. The molecule has 2 aromatic rings. The third kappa shape index (κ3) is 2.69. The minimum atomic E-state index is 0.0594. The Bertz CT molecular complexity index is 691. The highest BCUT2D eigenvalue weighted by Crippen LogP contribution is 2.32. The molecule has 0 unspecified atom stereocenters. The summed E-state index contributed by atoms with van der Waals surface area (Å²) >= 11 is 0. The van der Waals surface area contributed by atoms with Crippen molar-refractivity contribution in [2.75, 3.05) is 20.2 Å². The van der Waals surface area contributed by atoms with Gasteiger partial charge in [-0.25, -0.2) is 0 Å². The number of likely N-dealkylation sites (tertiary alicyclic amines) is 1. The summed E-state index contributed by atoms with van der Waals surface area (Å²) in [6.45, 7) is 3.68. The number of carbonyl (C=O) groups excluding carboxylic acids is 1. The SMILES string of the molecule is COc1ccc(C)cc1-c1ncccc1C(=O)N1CCCC1. The van der Waals surface area contributed by atoms with Crippen LogP contribution in [-0.2, 0) is 0 Å². The standard InChI is InChI=1S/C18H20N2O2/c1-13-7-8-16(22-2)15(12-13)17-14(6-5-9-19-17)18(21)20-10-3-4-11-20/h5-9,12H,3-4,10-11H2,1-2H3. The first-order valence-corrected chi connectivity index (χ1v) is 7.60. The molecule has 3 rings (SSSR count). The first-order valence-electron chi connectivity index (χ1n) is 7.60. The molecule has 0 bridgehead atoms. The molecular formula is C18H20N2O2. The second kappa shape index (κ2) is 6.18. The molecule has 4 heteroatoms. The van der Waals surface area contributed by atoms with Gasteiger partial charge in [0.15, 0.2) is 0 Å². The molecule has 1 aromatic carbocycles. The molecule has 0 aliphatic carbocycles. The molecule has 0 atom stereocenters. The molecule has 22 heavy (non-hydrogen) atoms. The van der Waals surface area contributed by atoms with E-state index in [0.717, 1.165) is 42.8 Å². The second-order valence-electron chi connectivity index (χ2n) is 5.60. The van der Waals surface area contributed by atoms with Gasteiger partial charge in [-0.1, -0.05) is 11.6 Å². The normalized spacial score (nSPS) is 14.2. The van der Waals surface area contributed by atoms with Gasteiger partial charge in [0, 0.05) is 24.8 Å². The van der Waals surface area contributed by atoms with Crippen molar-refractivity contribution in [3.8, 4) is 17.0 Å². The molecule has 4 nitrogen and oxygen atoms in total. The lowest BCUT2D eigenvalue weighted by molar-refractivity contribution is 0.0793. The number of pyridine rings is 1. The zero-order chi connectivity index (χ0) is 15.5. The lowest BCUT2D eigenvalue weighted by atomic mass is 10.0. The average Bonchev–Trinajstić information content (AvgIpc) is 3.08. The minimum absolute atomic E-state index is 0.0594. The number of hydrogen-bond acceptors (Lipinski definition) is 3. The van der Waals surface area contributed by atoms with Crippen LogP contribution in [0, 0.1) is 6.92 Å². The minimum Gasteiger partial charge on any atom is -0.496 e. The van der Waals surface area contributed by atoms with Crippen LogP contribution in [0.15, 0.2) is 36.5 Å². The topological polar surface area (TPSA) is 42.4 Å². The summed E-state index contributed by atoms with van der Waals surface area (Å²) in [5.74, 6) is 0.795. The van der Waals surface area contributed by atoms with E-state index in [0.29, 0.717) is 11.3 Å². The van der Waals surface area contributed by atoms with Crippen molar-refractivity contribution in [3.63, 3.8) is 0 Å². The molecule has 1 saturated heterocycles. The Kier molecular flexibility index (Phi) is 4.09. The Morgan fingerprint density at radius 3 is 2.73 bits per heavy atom. The summed E-state index contributed by atoms with van der Waals surface area (Å²) in [6, 6.07) is 9.60. The maximum atomic E-state index is 12.8. The van der Waals surface area contributed by atoms with E-state index in [9.17, 15) is 4.79 Å². The van der Waals surface area contributed by atoms with Crippen LogP contribution in [0.25, 0.3) is 11.3 Å². The molecule has 1 aliphatic heterocycles. The largest absolute Gasteiger partial charge is 0.496 e. The Balaban J connectivity index is 2.08. The molecular weight excluding hydrogens is 276 g/mol. The monoisotopic (exact) mass is 296 g/mol. The Hall–Kier alpha value is -2.36. The lowest BCUT2D eigenvalue weighted by Crippen LogP contribution is -2.28. The maximum Gasteiger partial charge on any atom is 0.256 e. The quantitative estimate of drug-likeness (QED) is 0.872. The number of aromatic nitrogens is 1. The fourth-order valence-corrected chi connectivity index (χ4v) is 2.89. The fourth-order valence-electron chi connectivity index (χ4n) is 2.89. The Morgan fingerprint density at radius 1 is 1.23 bits per heavy atom. The van der Waals surface area contributed by atoms with Crippen molar-refractivity contribution < 1.29 is 9.53 Å². The van der Waals surface area contributed by atoms with Gasteiger partial charge in [0.05, 0.1) is 18.4 Å². The number of hydrogen-bond donors (Lipinski definition) is 0. The summed E-state index contributed by atoms with van der Waals surface area (Å²) in [5, 5.41) is 0. The first kappa shape index (κ1) is 14.6. The summed E-state index contributed by atoms with van der Waals surface area (Å²) < 4.78 is 5.45. The number of carbonyl (C=O) groups is 1. The van der Waals surface area contributed by atoms with E-state index in [1.165, 1.54) is 0 Å². The van der Waals surface area contributed by atoms with Crippen molar-refractivity contribution >= 4 is 5.91 Å². The van der Waals surface area contributed by atoms with E-state index in [2.05, 4.69) is 4.98 Å². The summed E-state index contributed by atoms with van der Waals surface area (Å²) in [5.41, 5.74) is 3.32. The third-order valence-corrected chi connectivity index (χ3v) is 4.04. The molecule has 0 radical (unpaired) electrons. The molecule has 0 spiro atoms. The van der Waals surface area contributed by atoms with Gasteiger partial charge in [-0.15, -0.1) is 0 Å². The highest BCUT2D eigenvalue weighted by molar-refractivity contribution is 6.00. The van der Waals surface area contributed by atoms with Gasteiger partial charge in [0.2, 0.25) is 0 Å². The van der Waals surface area contributed by atoms with Crippen LogP contribution in [0.4, 0.5) is 0 Å². The van der Waals surface area contributed by atoms with E-state index in [4.69, 9.17) is 4.74 Å². The zero-order valence-electron chi connectivity index (χ0n) is 13.0. The molecule has 114 valence electrons. The second-order valence-corrected chi connectivity index (χ2v) is 5.60. The Labute approximate surface area is 130 Å². The van der Waals surface area contributed by atoms with Gasteiger partial charge < -0.3 is 9.64 Å². The smallest absolute Gasteiger partial charge is 0.256 e. The average molecular weight is 296 g/mol. The van der Waals surface area contributed by atoms with Gasteiger partial charge in [-0.05, 0) is 44.0 Å². The van der Waals surface area contributed by atoms with Crippen molar-refractivity contribution in [1.29, 1.82) is 0 Å². The fraction of sp³-hybridized carbons (Fsp3) is 0.333. The van der Waals surface area contributed by atoms with Crippen molar-refractivity contribution in [1.82, 2.24) is 9.88 Å². The van der Waals surface area contributed by atoms with E-state index in [-0.39, 0.29) is 5.91 Å². The van der Waals surface area contributed by atoms with Gasteiger partial charge in [0.1, 0.15) is 5.75 Å². The number of nitrogens with zero attached hydrogens (tertiary/aromatic N) is 2. The summed E-state index contributed by atoms with van der Waals surface area (Å²) in [7, 11) is 1.64. The van der Waals surface area contributed by atoms with Crippen molar-refractivity contribution in [3.05, 3.63) is 47.7 Å². The lowest BCUT2D eigenvalue weighted by Gasteiger charge is -2.18. The van der Waals surface area contributed by atoms with Crippen LogP contribution in [0.3, 0.4) is 0 Å². The molecule has 0 saturated carbocycles. The third-order valence-electron chi connectivity index (χ3n) is 4.04. The van der Waals surface area contributed by atoms with Gasteiger partial charge >= 0.3 is 0 Å². The zero-order valence-corrected chi connectivity index (χ0v) is 13.0. The van der Waals surface area contributed by atoms with Crippen molar-refractivity contribution in [2.24, 2.45) is 0 Å². The predicted octanol–water partition coefficient (Wildman–Crippen LogP) is 3.30. The van der Waals surface area contributed by atoms with Crippen LogP contribution in [0.2, 0.25) is 0 Å². The summed E-state index contributed by atoms with van der Waals surface area (Å²) in [6.07, 6.45) is 3.88. The molecule has 1 aromatic heterocycles. The van der Waals surface area contributed by atoms with E-state index in [1.54, 1.807) is 13.3 Å². The summed E-state index contributed by atoms with van der Waals surface area (Å²) in [4.78, 5) is 19.1. The molecule has 1 amide bonds. The molecule has 1 fully saturated rings. The number of rotatable bonds is 3. The highest BCUT2D eigenvalue weighted by Gasteiger charge is 2.23. The van der Waals surface area contributed by atoms with E-state index in [1.807, 2.05) is 42.2 Å². The maximum absolute atomic E-state index is 12.8. The molecule has 2 heterocycles. The Morgan fingerprint density at radius 2 is 2.00 bits per heavy atom. The highest BCUT2D eigenvalue weighted by atomic mass is 16.5. The van der Waals surface area contributed by atoms with Gasteiger partial charge in [0.25, 0.3) is 5.91 Å². The predicted molar refractivity (Wildman–Crippen MR) is 86.1 cm³/mol. The van der Waals surface area contributed by atoms with Crippen molar-refractivity contribution in [2.45, 2.75) is 19.8 Å². The van der Waals surface area contributed by atoms with Gasteiger partial charge in [-0.2, -0.15) is 0 Å².